The third-order valence-electron chi connectivity index (χ3n) is 2.76. The molecule has 0 spiro atoms. The van der Waals surface area contributed by atoms with Gasteiger partial charge in [0, 0.05) is 17.6 Å². The van der Waals surface area contributed by atoms with E-state index in [1.807, 2.05) is 0 Å². The fraction of sp³-hybridized carbons (Fsp3) is 0.308. The Bertz CT molecular complexity index is 825. The number of aryl methyl sites for hydroxylation is 1. The maximum atomic E-state index is 12.5. The lowest BCUT2D eigenvalue weighted by atomic mass is 10.3. The number of hydrogen-bond acceptors (Lipinski definition) is 7. The Hall–Kier alpha value is -2.00. The molecule has 0 saturated carbocycles. The van der Waals surface area contributed by atoms with Crippen LogP contribution in [0.1, 0.15) is 30.0 Å². The number of anilines is 1. The number of nitrogens with zero attached hydrogens (tertiary/aromatic N) is 5. The molecule has 3 aromatic heterocycles. The van der Waals surface area contributed by atoms with Crippen LogP contribution in [0.2, 0.25) is 0 Å². The van der Waals surface area contributed by atoms with Gasteiger partial charge in [0.2, 0.25) is 10.9 Å². The molecule has 3 rings (SSSR count). The van der Waals surface area contributed by atoms with Gasteiger partial charge in [-0.15, -0.1) is 10.2 Å². The predicted octanol–water partition coefficient (Wildman–Crippen LogP) is 2.64. The van der Waals surface area contributed by atoms with Gasteiger partial charge in [-0.25, -0.2) is 9.97 Å². The zero-order valence-electron chi connectivity index (χ0n) is 12.3. The number of aromatic nitrogens is 5. The van der Waals surface area contributed by atoms with Crippen LogP contribution in [0.5, 0.6) is 0 Å². The summed E-state index contributed by atoms with van der Waals surface area (Å²) in [5.41, 5.74) is 1.08. The molecule has 0 saturated heterocycles. The van der Waals surface area contributed by atoms with Crippen LogP contribution in [0.4, 0.5) is 5.13 Å². The molecule has 9 heteroatoms. The lowest BCUT2D eigenvalue weighted by Gasteiger charge is -2.02. The van der Waals surface area contributed by atoms with Crippen molar-refractivity contribution < 1.29 is 4.79 Å². The second-order valence-electron chi connectivity index (χ2n) is 4.83. The van der Waals surface area contributed by atoms with Gasteiger partial charge in [-0.2, -0.15) is 0 Å². The van der Waals surface area contributed by atoms with Gasteiger partial charge < -0.3 is 0 Å². The normalized spacial score (nSPS) is 11.3. The van der Waals surface area contributed by atoms with Gasteiger partial charge in [-0.05, 0) is 13.0 Å². The highest BCUT2D eigenvalue weighted by Crippen LogP contribution is 2.28. The Morgan fingerprint density at radius 1 is 1.41 bits per heavy atom. The van der Waals surface area contributed by atoms with Gasteiger partial charge >= 0.3 is 0 Å². The third kappa shape index (κ3) is 2.95. The molecule has 22 heavy (non-hydrogen) atoms. The Kier molecular flexibility index (Phi) is 4.08. The van der Waals surface area contributed by atoms with Crippen LogP contribution >= 0.6 is 23.1 Å². The van der Waals surface area contributed by atoms with Crippen molar-refractivity contribution in [2.75, 3.05) is 5.32 Å². The van der Waals surface area contributed by atoms with Crippen LogP contribution in [-0.4, -0.2) is 35.7 Å². The molecule has 0 aliphatic rings. The topological polar surface area (TPSA) is 85.1 Å². The number of fused-ring (bicyclic) bond motifs is 1. The summed E-state index contributed by atoms with van der Waals surface area (Å²) in [6.45, 7) is 5.95. The molecule has 3 aromatic rings. The van der Waals surface area contributed by atoms with E-state index in [2.05, 4.69) is 39.3 Å². The molecule has 0 unspecified atom stereocenters. The summed E-state index contributed by atoms with van der Waals surface area (Å²) in [6, 6.07) is 1.76. The number of thioether (sulfide) groups is 1. The van der Waals surface area contributed by atoms with E-state index >= 15 is 0 Å². The average molecular weight is 334 g/mol. The van der Waals surface area contributed by atoms with E-state index in [0.717, 1.165) is 4.34 Å². The molecule has 3 heterocycles. The van der Waals surface area contributed by atoms with Crippen LogP contribution in [0.25, 0.3) is 5.78 Å². The van der Waals surface area contributed by atoms with Gasteiger partial charge in [0.1, 0.15) is 5.69 Å². The zero-order chi connectivity index (χ0) is 15.7. The number of hydrogen-bond donors (Lipinski definition) is 1. The van der Waals surface area contributed by atoms with E-state index in [0.29, 0.717) is 27.5 Å². The maximum absolute atomic E-state index is 12.5. The van der Waals surface area contributed by atoms with Crippen molar-refractivity contribution in [3.05, 3.63) is 29.8 Å². The first-order valence-electron chi connectivity index (χ1n) is 6.66. The summed E-state index contributed by atoms with van der Waals surface area (Å²) in [5, 5.41) is 11.7. The van der Waals surface area contributed by atoms with Crippen LogP contribution in [0.3, 0.4) is 0 Å². The standard InChI is InChI=1S/C13H14N6OS2/c1-7(2)21-13-18-17-12(22-13)16-10(20)9-8(3)15-11-14-5-4-6-19(9)11/h4-7H,1-3H3,(H,16,17,20). The Labute approximate surface area is 135 Å². The first kappa shape index (κ1) is 14.9. The number of rotatable bonds is 4. The van der Waals surface area contributed by atoms with Crippen molar-refractivity contribution in [2.24, 2.45) is 0 Å². The quantitative estimate of drug-likeness (QED) is 0.583. The van der Waals surface area contributed by atoms with Crippen molar-refractivity contribution >= 4 is 39.9 Å². The second-order valence-corrected chi connectivity index (χ2v) is 7.63. The zero-order valence-corrected chi connectivity index (χ0v) is 13.9. The molecule has 0 bridgehead atoms. The van der Waals surface area contributed by atoms with E-state index in [9.17, 15) is 4.79 Å². The fourth-order valence-corrected chi connectivity index (χ4v) is 3.91. The van der Waals surface area contributed by atoms with Crippen molar-refractivity contribution in [3.63, 3.8) is 0 Å². The van der Waals surface area contributed by atoms with Gasteiger partial charge in [0.05, 0.1) is 5.69 Å². The molecule has 1 amide bonds. The SMILES string of the molecule is Cc1nc2ncccn2c1C(=O)Nc1nnc(SC(C)C)s1. The minimum absolute atomic E-state index is 0.268. The molecule has 0 aromatic carbocycles. The van der Waals surface area contributed by atoms with Gasteiger partial charge in [-0.1, -0.05) is 36.9 Å². The second kappa shape index (κ2) is 6.01. The number of imidazole rings is 1. The first-order valence-corrected chi connectivity index (χ1v) is 8.35. The third-order valence-corrected chi connectivity index (χ3v) is 4.68. The Morgan fingerprint density at radius 3 is 3.00 bits per heavy atom. The van der Waals surface area contributed by atoms with Crippen molar-refractivity contribution in [2.45, 2.75) is 30.4 Å². The van der Waals surface area contributed by atoms with Gasteiger partial charge in [0.15, 0.2) is 4.34 Å². The van der Waals surface area contributed by atoms with E-state index in [4.69, 9.17) is 0 Å². The highest BCUT2D eigenvalue weighted by atomic mass is 32.2. The lowest BCUT2D eigenvalue weighted by Crippen LogP contribution is -2.15. The van der Waals surface area contributed by atoms with Gasteiger partial charge in [0.25, 0.3) is 5.91 Å². The fourth-order valence-electron chi connectivity index (χ4n) is 1.94. The predicted molar refractivity (Wildman–Crippen MR) is 86.6 cm³/mol. The molecule has 0 fully saturated rings. The number of amides is 1. The van der Waals surface area contributed by atoms with Crippen LogP contribution in [0.15, 0.2) is 22.8 Å². The number of carbonyl (C=O) groups excluding carboxylic acids is 1. The maximum Gasteiger partial charge on any atom is 0.276 e. The smallest absolute Gasteiger partial charge is 0.276 e. The number of carbonyl (C=O) groups is 1. The number of nitrogens with one attached hydrogen (secondary N) is 1. The summed E-state index contributed by atoms with van der Waals surface area (Å²) in [6.07, 6.45) is 3.40. The molecule has 0 aliphatic heterocycles. The highest BCUT2D eigenvalue weighted by molar-refractivity contribution is 8.01. The molecule has 0 aliphatic carbocycles. The average Bonchev–Trinajstić information content (AvgIpc) is 3.01. The van der Waals surface area contributed by atoms with Crippen LogP contribution in [0, 0.1) is 6.92 Å². The molecule has 1 N–H and O–H groups in total. The molecular weight excluding hydrogens is 320 g/mol. The summed E-state index contributed by atoms with van der Waals surface area (Å²) >= 11 is 2.98. The van der Waals surface area contributed by atoms with Crippen LogP contribution in [-0.2, 0) is 0 Å². The van der Waals surface area contributed by atoms with E-state index in [1.54, 1.807) is 41.5 Å². The first-order chi connectivity index (χ1) is 10.5. The summed E-state index contributed by atoms with van der Waals surface area (Å²) in [5.74, 6) is 0.230. The van der Waals surface area contributed by atoms with Crippen molar-refractivity contribution in [1.29, 1.82) is 0 Å². The van der Waals surface area contributed by atoms with Crippen molar-refractivity contribution in [3.8, 4) is 0 Å². The molecule has 0 atom stereocenters. The molecule has 114 valence electrons. The Morgan fingerprint density at radius 2 is 2.23 bits per heavy atom. The monoisotopic (exact) mass is 334 g/mol. The summed E-state index contributed by atoms with van der Waals surface area (Å²) in [7, 11) is 0. The molecule has 7 nitrogen and oxygen atoms in total. The summed E-state index contributed by atoms with van der Waals surface area (Å²) < 4.78 is 2.50. The van der Waals surface area contributed by atoms with Gasteiger partial charge in [-0.3, -0.25) is 14.5 Å². The minimum atomic E-state index is -0.268. The Balaban J connectivity index is 1.84. The van der Waals surface area contributed by atoms with Crippen LogP contribution < -0.4 is 5.32 Å². The molecular formula is C13H14N6OS2. The van der Waals surface area contributed by atoms with Crippen molar-refractivity contribution in [1.82, 2.24) is 24.6 Å². The molecule has 0 radical (unpaired) electrons. The van der Waals surface area contributed by atoms with E-state index < -0.39 is 0 Å². The van der Waals surface area contributed by atoms with E-state index in [1.165, 1.54) is 11.3 Å². The largest absolute Gasteiger partial charge is 0.295 e. The minimum Gasteiger partial charge on any atom is -0.295 e. The lowest BCUT2D eigenvalue weighted by molar-refractivity contribution is 0.102. The highest BCUT2D eigenvalue weighted by Gasteiger charge is 2.18. The van der Waals surface area contributed by atoms with E-state index in [-0.39, 0.29) is 5.91 Å². The summed E-state index contributed by atoms with van der Waals surface area (Å²) in [4.78, 5) is 20.9.